The number of methoxy groups -OCH3 is 1. The lowest BCUT2D eigenvalue weighted by Gasteiger charge is -2.34. The highest BCUT2D eigenvalue weighted by atomic mass is 16.5. The molecule has 0 bridgehead atoms. The minimum absolute atomic E-state index is 0.0618. The number of hydrogen-bond donors (Lipinski definition) is 2. The molecule has 1 aliphatic rings. The molecule has 1 aromatic carbocycles. The number of aromatic nitrogens is 3. The highest BCUT2D eigenvalue weighted by Crippen LogP contribution is 2.31. The quantitative estimate of drug-likeness (QED) is 0.906. The lowest BCUT2D eigenvalue weighted by molar-refractivity contribution is 0.159. The van der Waals surface area contributed by atoms with Crippen molar-refractivity contribution in [1.82, 2.24) is 20.1 Å². The number of likely N-dealkylation sites (tertiary alicyclic amines) is 1. The van der Waals surface area contributed by atoms with E-state index in [1.54, 1.807) is 7.11 Å². The fourth-order valence-corrected chi connectivity index (χ4v) is 3.19. The van der Waals surface area contributed by atoms with Crippen LogP contribution >= 0.6 is 0 Å². The SMILES string of the molecule is COc1cc(C)cc(NC(=O)N2CCCC[C@@H]2c2ncn[nH]2)c1C. The monoisotopic (exact) mass is 329 g/mol. The van der Waals surface area contributed by atoms with Gasteiger partial charge in [0.25, 0.3) is 0 Å². The molecule has 2 N–H and O–H groups in total. The molecule has 0 spiro atoms. The summed E-state index contributed by atoms with van der Waals surface area (Å²) in [5.41, 5.74) is 2.74. The van der Waals surface area contributed by atoms with Crippen molar-refractivity contribution >= 4 is 11.7 Å². The standard InChI is InChI=1S/C17H23N5O2/c1-11-8-13(12(2)15(9-11)24-3)20-17(23)22-7-5-4-6-14(22)16-18-10-19-21-16/h8-10,14H,4-7H2,1-3H3,(H,20,23)(H,18,19,21)/t14-/m1/s1. The minimum atomic E-state index is -0.119. The summed E-state index contributed by atoms with van der Waals surface area (Å²) in [6.45, 7) is 4.63. The van der Waals surface area contributed by atoms with Gasteiger partial charge >= 0.3 is 6.03 Å². The molecule has 24 heavy (non-hydrogen) atoms. The second kappa shape index (κ2) is 6.90. The second-order valence-electron chi connectivity index (χ2n) is 6.15. The Kier molecular flexibility index (Phi) is 4.69. The first kappa shape index (κ1) is 16.3. The van der Waals surface area contributed by atoms with Gasteiger partial charge in [0.15, 0.2) is 0 Å². The number of hydrogen-bond acceptors (Lipinski definition) is 4. The fraction of sp³-hybridized carbons (Fsp3) is 0.471. The van der Waals surface area contributed by atoms with Gasteiger partial charge in [-0.15, -0.1) is 0 Å². The smallest absolute Gasteiger partial charge is 0.322 e. The van der Waals surface area contributed by atoms with E-state index in [0.29, 0.717) is 6.54 Å². The number of anilines is 1. The zero-order valence-corrected chi connectivity index (χ0v) is 14.3. The average Bonchev–Trinajstić information content (AvgIpc) is 3.12. The lowest BCUT2D eigenvalue weighted by atomic mass is 10.0. The normalized spacial score (nSPS) is 17.6. The van der Waals surface area contributed by atoms with E-state index in [-0.39, 0.29) is 12.1 Å². The van der Waals surface area contributed by atoms with E-state index in [4.69, 9.17) is 4.74 Å². The zero-order valence-electron chi connectivity index (χ0n) is 14.3. The molecule has 2 amide bonds. The van der Waals surface area contributed by atoms with E-state index in [1.807, 2.05) is 30.9 Å². The molecule has 7 nitrogen and oxygen atoms in total. The zero-order chi connectivity index (χ0) is 17.1. The first-order chi connectivity index (χ1) is 11.6. The van der Waals surface area contributed by atoms with Crippen LogP contribution in [-0.4, -0.2) is 39.8 Å². The third kappa shape index (κ3) is 3.20. The summed E-state index contributed by atoms with van der Waals surface area (Å²) in [6.07, 6.45) is 4.44. The number of aryl methyl sites for hydroxylation is 1. The first-order valence-electron chi connectivity index (χ1n) is 8.18. The van der Waals surface area contributed by atoms with E-state index < -0.39 is 0 Å². The maximum Gasteiger partial charge on any atom is 0.322 e. The predicted octanol–water partition coefficient (Wildman–Crippen LogP) is 3.19. The van der Waals surface area contributed by atoms with Gasteiger partial charge in [0.2, 0.25) is 0 Å². The Hall–Kier alpha value is -2.57. The summed E-state index contributed by atoms with van der Waals surface area (Å²) >= 11 is 0. The van der Waals surface area contributed by atoms with Crippen LogP contribution in [0.3, 0.4) is 0 Å². The van der Waals surface area contributed by atoms with Crippen LogP contribution in [0.25, 0.3) is 0 Å². The molecule has 3 rings (SSSR count). The van der Waals surface area contributed by atoms with Crippen molar-refractivity contribution < 1.29 is 9.53 Å². The van der Waals surface area contributed by atoms with Gasteiger partial charge in [-0.05, 0) is 50.8 Å². The Morgan fingerprint density at radius 2 is 2.21 bits per heavy atom. The molecular weight excluding hydrogens is 306 g/mol. The topological polar surface area (TPSA) is 83.1 Å². The molecule has 1 aromatic heterocycles. The number of nitrogens with one attached hydrogen (secondary N) is 2. The van der Waals surface area contributed by atoms with Crippen LogP contribution in [0.2, 0.25) is 0 Å². The maximum absolute atomic E-state index is 12.8. The van der Waals surface area contributed by atoms with Crippen LogP contribution in [0, 0.1) is 13.8 Å². The Morgan fingerprint density at radius 3 is 2.92 bits per heavy atom. The molecular formula is C17H23N5O2. The van der Waals surface area contributed by atoms with Gasteiger partial charge < -0.3 is 15.0 Å². The molecule has 7 heteroatoms. The van der Waals surface area contributed by atoms with Crippen LogP contribution in [0.1, 0.15) is 42.3 Å². The van der Waals surface area contributed by atoms with Crippen molar-refractivity contribution in [2.24, 2.45) is 0 Å². The van der Waals surface area contributed by atoms with Crippen LogP contribution in [0.5, 0.6) is 5.75 Å². The summed E-state index contributed by atoms with van der Waals surface area (Å²) in [7, 11) is 1.64. The minimum Gasteiger partial charge on any atom is -0.496 e. The number of H-pyrrole nitrogens is 1. The van der Waals surface area contributed by atoms with E-state index in [2.05, 4.69) is 20.5 Å². The van der Waals surface area contributed by atoms with Crippen LogP contribution in [-0.2, 0) is 0 Å². The van der Waals surface area contributed by atoms with Gasteiger partial charge in [0, 0.05) is 17.8 Å². The van der Waals surface area contributed by atoms with E-state index >= 15 is 0 Å². The predicted molar refractivity (Wildman–Crippen MR) is 91.2 cm³/mol. The number of carbonyl (C=O) groups excluding carboxylic acids is 1. The lowest BCUT2D eigenvalue weighted by Crippen LogP contribution is -2.41. The van der Waals surface area contributed by atoms with Crippen LogP contribution in [0.4, 0.5) is 10.5 Å². The molecule has 1 fully saturated rings. The van der Waals surface area contributed by atoms with Crippen molar-refractivity contribution in [2.75, 3.05) is 19.0 Å². The van der Waals surface area contributed by atoms with E-state index in [0.717, 1.165) is 47.7 Å². The molecule has 0 saturated carbocycles. The Morgan fingerprint density at radius 1 is 1.38 bits per heavy atom. The molecule has 0 radical (unpaired) electrons. The number of nitrogens with zero attached hydrogens (tertiary/aromatic N) is 3. The largest absolute Gasteiger partial charge is 0.496 e. The molecule has 0 unspecified atom stereocenters. The highest BCUT2D eigenvalue weighted by molar-refractivity contribution is 5.91. The summed E-state index contributed by atoms with van der Waals surface area (Å²) in [5, 5.41) is 9.84. The highest BCUT2D eigenvalue weighted by Gasteiger charge is 2.30. The number of piperidine rings is 1. The number of amides is 2. The molecule has 1 aliphatic heterocycles. The third-order valence-electron chi connectivity index (χ3n) is 4.48. The second-order valence-corrected chi connectivity index (χ2v) is 6.15. The first-order valence-corrected chi connectivity index (χ1v) is 8.18. The van der Waals surface area contributed by atoms with Gasteiger partial charge in [-0.25, -0.2) is 9.78 Å². The number of rotatable bonds is 3. The molecule has 2 aromatic rings. The van der Waals surface area contributed by atoms with Crippen LogP contribution < -0.4 is 10.1 Å². The fourth-order valence-electron chi connectivity index (χ4n) is 3.19. The summed E-state index contributed by atoms with van der Waals surface area (Å²) in [6, 6.07) is 3.74. The number of carbonyl (C=O) groups is 1. The van der Waals surface area contributed by atoms with Crippen molar-refractivity contribution in [3.05, 3.63) is 35.4 Å². The number of aromatic amines is 1. The molecule has 1 atom stereocenters. The Labute approximate surface area is 141 Å². The van der Waals surface area contributed by atoms with Crippen molar-refractivity contribution in [3.8, 4) is 5.75 Å². The summed E-state index contributed by atoms with van der Waals surface area (Å²) in [5.74, 6) is 1.51. The number of urea groups is 1. The van der Waals surface area contributed by atoms with Gasteiger partial charge in [-0.1, -0.05) is 0 Å². The molecule has 1 saturated heterocycles. The Bertz CT molecular complexity index is 714. The maximum atomic E-state index is 12.8. The van der Waals surface area contributed by atoms with Gasteiger partial charge in [-0.3, -0.25) is 5.10 Å². The summed E-state index contributed by atoms with van der Waals surface area (Å²) in [4.78, 5) is 18.9. The van der Waals surface area contributed by atoms with Crippen molar-refractivity contribution in [1.29, 1.82) is 0 Å². The van der Waals surface area contributed by atoms with E-state index in [9.17, 15) is 4.79 Å². The molecule has 128 valence electrons. The molecule has 0 aliphatic carbocycles. The number of ether oxygens (including phenoxy) is 1. The van der Waals surface area contributed by atoms with Crippen molar-refractivity contribution in [3.63, 3.8) is 0 Å². The van der Waals surface area contributed by atoms with Gasteiger partial charge in [0.05, 0.1) is 13.2 Å². The Balaban J connectivity index is 1.82. The third-order valence-corrected chi connectivity index (χ3v) is 4.48. The molecule has 2 heterocycles. The summed E-state index contributed by atoms with van der Waals surface area (Å²) < 4.78 is 5.39. The van der Waals surface area contributed by atoms with Crippen molar-refractivity contribution in [2.45, 2.75) is 39.2 Å². The van der Waals surface area contributed by atoms with E-state index in [1.165, 1.54) is 6.33 Å². The van der Waals surface area contributed by atoms with Gasteiger partial charge in [0.1, 0.15) is 17.9 Å². The number of benzene rings is 1. The van der Waals surface area contributed by atoms with Gasteiger partial charge in [-0.2, -0.15) is 5.10 Å². The van der Waals surface area contributed by atoms with Crippen LogP contribution in [0.15, 0.2) is 18.5 Å². The average molecular weight is 329 g/mol.